The number of hydrogen-bond acceptors (Lipinski definition) is 2. The summed E-state index contributed by atoms with van der Waals surface area (Å²) >= 11 is 0. The minimum Gasteiger partial charge on any atom is -0.340 e. The van der Waals surface area contributed by atoms with Crippen molar-refractivity contribution in [1.82, 2.24) is 4.90 Å². The Kier molecular flexibility index (Phi) is 3.66. The maximum Gasteiger partial charge on any atom is 0.222 e. The summed E-state index contributed by atoms with van der Waals surface area (Å²) in [6, 6.07) is 0. The molecular formula is C12H19NO2. The van der Waals surface area contributed by atoms with Gasteiger partial charge in [-0.25, -0.2) is 0 Å². The van der Waals surface area contributed by atoms with E-state index >= 15 is 0 Å². The van der Waals surface area contributed by atoms with Gasteiger partial charge in [-0.1, -0.05) is 0 Å². The van der Waals surface area contributed by atoms with Crippen LogP contribution in [0, 0.1) is 0 Å². The van der Waals surface area contributed by atoms with Gasteiger partial charge >= 0.3 is 0 Å². The lowest BCUT2D eigenvalue weighted by Gasteiger charge is -2.38. The molecule has 1 saturated heterocycles. The largest absolute Gasteiger partial charge is 0.340 e. The quantitative estimate of drug-likeness (QED) is 0.572. The first-order chi connectivity index (χ1) is 7.14. The second kappa shape index (κ2) is 4.60. The number of hydrogen-bond donors (Lipinski definition) is 0. The van der Waals surface area contributed by atoms with Gasteiger partial charge in [0.25, 0.3) is 0 Å². The van der Waals surface area contributed by atoms with E-state index < -0.39 is 0 Å². The molecule has 84 valence electrons. The van der Waals surface area contributed by atoms with Gasteiger partial charge in [0.1, 0.15) is 5.78 Å². The summed E-state index contributed by atoms with van der Waals surface area (Å²) in [5.41, 5.74) is 0.0466. The molecule has 0 radical (unpaired) electrons. The van der Waals surface area contributed by atoms with Crippen molar-refractivity contribution in [1.29, 1.82) is 0 Å². The average molecular weight is 209 g/mol. The first kappa shape index (κ1) is 12.0. The lowest BCUT2D eigenvalue weighted by Crippen LogP contribution is -2.45. The predicted octanol–water partition coefficient (Wildman–Crippen LogP) is 1.92. The van der Waals surface area contributed by atoms with Crippen LogP contribution >= 0.6 is 0 Å². The highest BCUT2D eigenvalue weighted by Gasteiger charge is 2.44. The van der Waals surface area contributed by atoms with Gasteiger partial charge in [-0.15, -0.1) is 13.2 Å². The summed E-state index contributed by atoms with van der Waals surface area (Å²) in [7, 11) is 1.88. The number of carbonyl (C=O) groups is 2. The van der Waals surface area contributed by atoms with Crippen LogP contribution in [0.3, 0.4) is 0 Å². The van der Waals surface area contributed by atoms with E-state index in [9.17, 15) is 9.59 Å². The van der Waals surface area contributed by atoms with Crippen molar-refractivity contribution in [2.24, 2.45) is 0 Å². The van der Waals surface area contributed by atoms with E-state index in [1.54, 1.807) is 0 Å². The smallest absolute Gasteiger partial charge is 0.222 e. The third kappa shape index (κ3) is 2.11. The topological polar surface area (TPSA) is 37.4 Å². The molecule has 1 amide bonds. The molecule has 1 aliphatic heterocycles. The Morgan fingerprint density at radius 2 is 1.53 bits per heavy atom. The molecule has 3 heteroatoms. The van der Waals surface area contributed by atoms with E-state index in [0.717, 1.165) is 19.3 Å². The van der Waals surface area contributed by atoms with E-state index in [4.69, 9.17) is 0 Å². The molecule has 2 rings (SSSR count). The molecule has 0 aromatic heterocycles. The van der Waals surface area contributed by atoms with Crippen LogP contribution in [0.5, 0.6) is 0 Å². The summed E-state index contributed by atoms with van der Waals surface area (Å²) in [5.74, 6) is 0.604. The van der Waals surface area contributed by atoms with E-state index in [-0.39, 0.29) is 11.4 Å². The predicted molar refractivity (Wildman–Crippen MR) is 59.5 cm³/mol. The zero-order valence-corrected chi connectivity index (χ0v) is 9.42. The van der Waals surface area contributed by atoms with Gasteiger partial charge < -0.3 is 4.90 Å². The van der Waals surface area contributed by atoms with Crippen LogP contribution in [0.15, 0.2) is 13.2 Å². The van der Waals surface area contributed by atoms with Crippen LogP contribution in [0.1, 0.15) is 38.5 Å². The van der Waals surface area contributed by atoms with Gasteiger partial charge in [0.05, 0.1) is 0 Å². The molecule has 0 unspecified atom stereocenters. The van der Waals surface area contributed by atoms with Crippen molar-refractivity contribution in [3.8, 4) is 0 Å². The molecule has 2 fully saturated rings. The molecule has 0 bridgehead atoms. The van der Waals surface area contributed by atoms with Gasteiger partial charge in [0, 0.05) is 31.8 Å². The van der Waals surface area contributed by atoms with E-state index in [1.165, 1.54) is 0 Å². The summed E-state index contributed by atoms with van der Waals surface area (Å²) in [4.78, 5) is 24.3. The highest BCUT2D eigenvalue weighted by Crippen LogP contribution is 2.39. The van der Waals surface area contributed by atoms with Crippen molar-refractivity contribution in [2.75, 3.05) is 7.05 Å². The Morgan fingerprint density at radius 3 is 1.93 bits per heavy atom. The second-order valence-electron chi connectivity index (χ2n) is 4.22. The Hall–Kier alpha value is -1.12. The fourth-order valence-corrected chi connectivity index (χ4v) is 2.52. The fraction of sp³-hybridized carbons (Fsp3) is 0.667. The molecule has 15 heavy (non-hydrogen) atoms. The van der Waals surface area contributed by atoms with Crippen LogP contribution < -0.4 is 0 Å². The van der Waals surface area contributed by atoms with Crippen molar-refractivity contribution in [3.05, 3.63) is 13.2 Å². The number of rotatable bonds is 0. The molecule has 1 heterocycles. The number of amides is 1. The molecule has 2 aliphatic rings. The molecule has 1 saturated carbocycles. The summed E-state index contributed by atoms with van der Waals surface area (Å²) in [6.45, 7) is 6.00. The fourth-order valence-electron chi connectivity index (χ4n) is 2.52. The molecule has 1 aliphatic carbocycles. The number of ketones is 1. The highest BCUT2D eigenvalue weighted by atomic mass is 16.2. The summed E-state index contributed by atoms with van der Waals surface area (Å²) < 4.78 is 0. The average Bonchev–Trinajstić information content (AvgIpc) is 2.55. The Morgan fingerprint density at radius 1 is 1.07 bits per heavy atom. The molecular weight excluding hydrogens is 190 g/mol. The third-order valence-electron chi connectivity index (χ3n) is 3.63. The minimum atomic E-state index is 0.0466. The normalized spacial score (nSPS) is 23.9. The lowest BCUT2D eigenvalue weighted by atomic mass is 9.79. The molecule has 1 spiro atoms. The van der Waals surface area contributed by atoms with Crippen LogP contribution in [-0.4, -0.2) is 29.2 Å². The van der Waals surface area contributed by atoms with E-state index in [2.05, 4.69) is 13.2 Å². The van der Waals surface area contributed by atoms with Crippen LogP contribution in [0.25, 0.3) is 0 Å². The lowest BCUT2D eigenvalue weighted by molar-refractivity contribution is -0.132. The van der Waals surface area contributed by atoms with Crippen molar-refractivity contribution in [2.45, 2.75) is 44.1 Å². The maximum atomic E-state index is 11.4. The van der Waals surface area contributed by atoms with Gasteiger partial charge in [-0.2, -0.15) is 0 Å². The van der Waals surface area contributed by atoms with Gasteiger partial charge in [0.15, 0.2) is 0 Å². The number of carbonyl (C=O) groups excluding carboxylic acids is 2. The molecule has 0 aromatic carbocycles. The van der Waals surface area contributed by atoms with Gasteiger partial charge in [-0.3, -0.25) is 9.59 Å². The second-order valence-corrected chi connectivity index (χ2v) is 4.22. The molecule has 3 nitrogen and oxygen atoms in total. The SMILES string of the molecule is C=C.CN1C(=O)CCC12CCC(=O)CC2. The van der Waals surface area contributed by atoms with Crippen LogP contribution in [0.2, 0.25) is 0 Å². The Balaban J connectivity index is 0.000000531. The number of nitrogens with zero attached hydrogens (tertiary/aromatic N) is 1. The molecule has 0 N–H and O–H groups in total. The number of likely N-dealkylation sites (tertiary alicyclic amines) is 1. The zero-order chi connectivity index (χ0) is 11.5. The Bertz CT molecular complexity index is 263. The van der Waals surface area contributed by atoms with Gasteiger partial charge in [0.2, 0.25) is 5.91 Å². The standard InChI is InChI=1S/C10H15NO2.C2H4/c1-11-9(13)4-7-10(11)5-2-8(12)3-6-10;1-2/h2-7H2,1H3;1-2H2. The maximum absolute atomic E-state index is 11.4. The number of Topliss-reactive ketones (excluding diaryl/α,β-unsaturated/α-hetero) is 1. The third-order valence-corrected chi connectivity index (χ3v) is 3.63. The van der Waals surface area contributed by atoms with Crippen molar-refractivity contribution < 1.29 is 9.59 Å². The minimum absolute atomic E-state index is 0.0466. The first-order valence-corrected chi connectivity index (χ1v) is 5.42. The van der Waals surface area contributed by atoms with Crippen LogP contribution in [0.4, 0.5) is 0 Å². The van der Waals surface area contributed by atoms with E-state index in [1.807, 2.05) is 11.9 Å². The van der Waals surface area contributed by atoms with Crippen molar-refractivity contribution in [3.63, 3.8) is 0 Å². The first-order valence-electron chi connectivity index (χ1n) is 5.42. The Labute approximate surface area is 91.1 Å². The zero-order valence-electron chi connectivity index (χ0n) is 9.42. The molecule has 0 atom stereocenters. The van der Waals surface area contributed by atoms with Gasteiger partial charge in [-0.05, 0) is 19.3 Å². The van der Waals surface area contributed by atoms with E-state index in [0.29, 0.717) is 25.0 Å². The molecule has 0 aromatic rings. The summed E-state index contributed by atoms with van der Waals surface area (Å²) in [6.07, 6.45) is 4.72. The van der Waals surface area contributed by atoms with Crippen molar-refractivity contribution >= 4 is 11.7 Å². The monoisotopic (exact) mass is 209 g/mol. The van der Waals surface area contributed by atoms with Crippen LogP contribution in [-0.2, 0) is 9.59 Å². The summed E-state index contributed by atoms with van der Waals surface area (Å²) in [5, 5.41) is 0. The highest BCUT2D eigenvalue weighted by molar-refractivity contribution is 5.82.